The molecule has 8 nitrogen and oxygen atoms in total. The first-order chi connectivity index (χ1) is 13.1. The van der Waals surface area contributed by atoms with Gasteiger partial charge < -0.3 is 29.0 Å². The average Bonchev–Trinajstić information content (AvgIpc) is 3.17. The van der Waals surface area contributed by atoms with Crippen molar-refractivity contribution in [3.8, 4) is 23.0 Å². The fourth-order valence-corrected chi connectivity index (χ4v) is 2.30. The molecule has 0 fully saturated rings. The lowest BCUT2D eigenvalue weighted by Gasteiger charge is -2.09. The molecule has 2 aromatic rings. The highest BCUT2D eigenvalue weighted by atomic mass is 16.7. The molecule has 142 valence electrons. The number of methoxy groups -OCH3 is 1. The lowest BCUT2D eigenvalue weighted by atomic mass is 10.2. The summed E-state index contributed by atoms with van der Waals surface area (Å²) in [6.07, 6.45) is 0. The predicted molar refractivity (Wildman–Crippen MR) is 93.9 cm³/mol. The summed E-state index contributed by atoms with van der Waals surface area (Å²) in [6.45, 7) is -0.188. The molecular formula is C19H19NO7. The molecule has 1 amide bonds. The van der Waals surface area contributed by atoms with E-state index in [-0.39, 0.29) is 26.6 Å². The summed E-state index contributed by atoms with van der Waals surface area (Å²) in [5, 5.41) is 2.66. The van der Waals surface area contributed by atoms with Crippen LogP contribution in [0.1, 0.15) is 5.56 Å². The van der Waals surface area contributed by atoms with Gasteiger partial charge in [0.15, 0.2) is 24.7 Å². The summed E-state index contributed by atoms with van der Waals surface area (Å²) in [5.41, 5.74) is 0.849. The quantitative estimate of drug-likeness (QED) is 0.704. The number of amides is 1. The third kappa shape index (κ3) is 5.27. The first kappa shape index (κ1) is 18.4. The molecule has 1 heterocycles. The van der Waals surface area contributed by atoms with Crippen LogP contribution in [0.4, 0.5) is 0 Å². The molecule has 0 aromatic heterocycles. The SMILES string of the molecule is COc1ccc(OCC(=O)OCC(=O)NCc2ccc3c(c2)OCO3)cc1. The van der Waals surface area contributed by atoms with E-state index in [1.807, 2.05) is 6.07 Å². The van der Waals surface area contributed by atoms with Crippen LogP contribution in [0.5, 0.6) is 23.0 Å². The summed E-state index contributed by atoms with van der Waals surface area (Å²) in [5.74, 6) is 1.46. The number of hydrogen-bond donors (Lipinski definition) is 1. The maximum atomic E-state index is 11.8. The van der Waals surface area contributed by atoms with E-state index in [9.17, 15) is 9.59 Å². The van der Waals surface area contributed by atoms with E-state index in [0.717, 1.165) is 5.56 Å². The number of carbonyl (C=O) groups excluding carboxylic acids is 2. The Kier molecular flexibility index (Phi) is 5.98. The number of rotatable bonds is 8. The summed E-state index contributed by atoms with van der Waals surface area (Å²) in [6, 6.07) is 12.2. The fraction of sp³-hybridized carbons (Fsp3) is 0.263. The van der Waals surface area contributed by atoms with Crippen molar-refractivity contribution in [2.45, 2.75) is 6.54 Å². The highest BCUT2D eigenvalue weighted by molar-refractivity contribution is 5.80. The van der Waals surface area contributed by atoms with Gasteiger partial charge in [-0.2, -0.15) is 0 Å². The van der Waals surface area contributed by atoms with Crippen molar-refractivity contribution in [1.82, 2.24) is 5.32 Å². The van der Waals surface area contributed by atoms with Crippen molar-refractivity contribution < 1.29 is 33.3 Å². The Hall–Kier alpha value is -3.42. The van der Waals surface area contributed by atoms with Crippen LogP contribution in [0.2, 0.25) is 0 Å². The van der Waals surface area contributed by atoms with Gasteiger partial charge in [0.25, 0.3) is 5.91 Å². The number of fused-ring (bicyclic) bond motifs is 1. The molecule has 3 rings (SSSR count). The van der Waals surface area contributed by atoms with Crippen LogP contribution in [0.3, 0.4) is 0 Å². The Bertz CT molecular complexity index is 804. The molecule has 0 unspecified atom stereocenters. The van der Waals surface area contributed by atoms with Gasteiger partial charge in [-0.1, -0.05) is 6.07 Å². The lowest BCUT2D eigenvalue weighted by molar-refractivity contribution is -0.150. The van der Waals surface area contributed by atoms with E-state index in [1.165, 1.54) is 0 Å². The minimum atomic E-state index is -0.635. The summed E-state index contributed by atoms with van der Waals surface area (Å²) < 4.78 is 25.7. The second kappa shape index (κ2) is 8.79. The lowest BCUT2D eigenvalue weighted by Crippen LogP contribution is -2.29. The van der Waals surface area contributed by atoms with E-state index in [1.54, 1.807) is 43.5 Å². The molecule has 0 atom stereocenters. The molecule has 1 aliphatic heterocycles. The summed E-state index contributed by atoms with van der Waals surface area (Å²) in [7, 11) is 1.56. The van der Waals surface area contributed by atoms with Gasteiger partial charge in [-0.3, -0.25) is 4.79 Å². The van der Waals surface area contributed by atoms with Gasteiger partial charge in [-0.15, -0.1) is 0 Å². The Labute approximate surface area is 155 Å². The van der Waals surface area contributed by atoms with E-state index < -0.39 is 11.9 Å². The second-order valence-electron chi connectivity index (χ2n) is 5.59. The first-order valence-corrected chi connectivity index (χ1v) is 8.22. The third-order valence-corrected chi connectivity index (χ3v) is 3.71. The molecule has 0 saturated carbocycles. The second-order valence-corrected chi connectivity index (χ2v) is 5.59. The van der Waals surface area contributed by atoms with Crippen molar-refractivity contribution in [3.63, 3.8) is 0 Å². The Morgan fingerprint density at radius 1 is 1.00 bits per heavy atom. The number of nitrogens with one attached hydrogen (secondary N) is 1. The molecule has 0 radical (unpaired) electrons. The maximum absolute atomic E-state index is 11.8. The van der Waals surface area contributed by atoms with Crippen LogP contribution in [0, 0.1) is 0 Å². The van der Waals surface area contributed by atoms with Gasteiger partial charge in [-0.05, 0) is 42.0 Å². The van der Waals surface area contributed by atoms with E-state index in [4.69, 9.17) is 23.7 Å². The minimum absolute atomic E-state index is 0.194. The number of hydrogen-bond acceptors (Lipinski definition) is 7. The predicted octanol–water partition coefficient (Wildman–Crippen LogP) is 1.66. The zero-order chi connectivity index (χ0) is 19.1. The number of esters is 1. The Morgan fingerprint density at radius 2 is 1.74 bits per heavy atom. The highest BCUT2D eigenvalue weighted by Crippen LogP contribution is 2.32. The molecule has 8 heteroatoms. The van der Waals surface area contributed by atoms with Gasteiger partial charge in [0.1, 0.15) is 11.5 Å². The van der Waals surface area contributed by atoms with Gasteiger partial charge >= 0.3 is 5.97 Å². The standard InChI is InChI=1S/C19H19NO7/c1-23-14-3-5-15(6-4-14)24-11-19(22)25-10-18(21)20-9-13-2-7-16-17(8-13)27-12-26-16/h2-8H,9-12H2,1H3,(H,20,21). The minimum Gasteiger partial charge on any atom is -0.497 e. The van der Waals surface area contributed by atoms with Crippen molar-refractivity contribution in [3.05, 3.63) is 48.0 Å². The van der Waals surface area contributed by atoms with Crippen LogP contribution < -0.4 is 24.3 Å². The largest absolute Gasteiger partial charge is 0.497 e. The number of benzene rings is 2. The normalized spacial score (nSPS) is 11.6. The number of carbonyl (C=O) groups is 2. The summed E-state index contributed by atoms with van der Waals surface area (Å²) >= 11 is 0. The van der Waals surface area contributed by atoms with E-state index in [2.05, 4.69) is 5.32 Å². The molecule has 0 bridgehead atoms. The molecule has 2 aromatic carbocycles. The summed E-state index contributed by atoms with van der Waals surface area (Å²) in [4.78, 5) is 23.5. The highest BCUT2D eigenvalue weighted by Gasteiger charge is 2.14. The van der Waals surface area contributed by atoms with Gasteiger partial charge in [0.05, 0.1) is 7.11 Å². The Balaban J connectivity index is 1.35. The van der Waals surface area contributed by atoms with Gasteiger partial charge in [0.2, 0.25) is 6.79 Å². The zero-order valence-corrected chi connectivity index (χ0v) is 14.7. The van der Waals surface area contributed by atoms with Crippen molar-refractivity contribution >= 4 is 11.9 Å². The average molecular weight is 373 g/mol. The van der Waals surface area contributed by atoms with Crippen LogP contribution in [0.25, 0.3) is 0 Å². The molecular weight excluding hydrogens is 354 g/mol. The number of ether oxygens (including phenoxy) is 5. The monoisotopic (exact) mass is 373 g/mol. The molecule has 0 saturated heterocycles. The molecule has 1 aliphatic rings. The van der Waals surface area contributed by atoms with Crippen LogP contribution >= 0.6 is 0 Å². The topological polar surface area (TPSA) is 92.3 Å². The smallest absolute Gasteiger partial charge is 0.344 e. The molecule has 27 heavy (non-hydrogen) atoms. The van der Waals surface area contributed by atoms with Crippen molar-refractivity contribution in [2.75, 3.05) is 27.1 Å². The Morgan fingerprint density at radius 3 is 2.52 bits per heavy atom. The first-order valence-electron chi connectivity index (χ1n) is 8.22. The van der Waals surface area contributed by atoms with Gasteiger partial charge in [-0.25, -0.2) is 4.79 Å². The maximum Gasteiger partial charge on any atom is 0.344 e. The van der Waals surface area contributed by atoms with Crippen LogP contribution in [0.15, 0.2) is 42.5 Å². The fourth-order valence-electron chi connectivity index (χ4n) is 2.30. The molecule has 0 spiro atoms. The third-order valence-electron chi connectivity index (χ3n) is 3.71. The van der Waals surface area contributed by atoms with Crippen molar-refractivity contribution in [2.24, 2.45) is 0 Å². The van der Waals surface area contributed by atoms with Crippen LogP contribution in [-0.4, -0.2) is 39.0 Å². The molecule has 0 aliphatic carbocycles. The van der Waals surface area contributed by atoms with Crippen LogP contribution in [-0.2, 0) is 20.9 Å². The van der Waals surface area contributed by atoms with Gasteiger partial charge in [0, 0.05) is 6.54 Å². The zero-order valence-electron chi connectivity index (χ0n) is 14.7. The van der Waals surface area contributed by atoms with Crippen molar-refractivity contribution in [1.29, 1.82) is 0 Å². The molecule has 1 N–H and O–H groups in total. The van der Waals surface area contributed by atoms with E-state index in [0.29, 0.717) is 23.0 Å². The van der Waals surface area contributed by atoms with E-state index >= 15 is 0 Å².